The summed E-state index contributed by atoms with van der Waals surface area (Å²) in [4.78, 5) is 0. The number of nitrogens with one attached hydrogen (secondary N) is 1. The topological polar surface area (TPSA) is 38.0 Å². The molecule has 0 spiro atoms. The monoisotopic (exact) mass is 212 g/mol. The third-order valence-electron chi connectivity index (χ3n) is 4.18. The van der Waals surface area contributed by atoms with Gasteiger partial charge in [-0.2, -0.15) is 0 Å². The molecule has 1 rings (SSSR count). The maximum Gasteiger partial charge on any atom is 0.00200 e. The van der Waals surface area contributed by atoms with E-state index in [1.54, 1.807) is 0 Å². The predicted octanol–water partition coefficient (Wildman–Crippen LogP) is 2.53. The molecule has 3 N–H and O–H groups in total. The summed E-state index contributed by atoms with van der Waals surface area (Å²) >= 11 is 0. The Morgan fingerprint density at radius 2 is 1.80 bits per heavy atom. The van der Waals surface area contributed by atoms with E-state index >= 15 is 0 Å². The first-order valence-corrected chi connectivity index (χ1v) is 6.67. The van der Waals surface area contributed by atoms with Gasteiger partial charge in [-0.05, 0) is 37.3 Å². The molecule has 0 amide bonds. The van der Waals surface area contributed by atoms with Crippen molar-refractivity contribution >= 4 is 0 Å². The lowest BCUT2D eigenvalue weighted by molar-refractivity contribution is 0.280. The molecule has 15 heavy (non-hydrogen) atoms. The second-order valence-corrected chi connectivity index (χ2v) is 5.22. The van der Waals surface area contributed by atoms with Crippen LogP contribution in [-0.2, 0) is 0 Å². The zero-order valence-corrected chi connectivity index (χ0v) is 10.5. The fourth-order valence-corrected chi connectivity index (χ4v) is 2.70. The van der Waals surface area contributed by atoms with Crippen LogP contribution in [0.4, 0.5) is 0 Å². The standard InChI is InChI=1S/C13H28N2/c1-3-12(4-2)9-15-11-13(10-14)7-5-6-8-13/h12,15H,3-11,14H2,1-2H3. The quantitative estimate of drug-likeness (QED) is 0.680. The van der Waals surface area contributed by atoms with Gasteiger partial charge in [0.25, 0.3) is 0 Å². The maximum absolute atomic E-state index is 5.91. The van der Waals surface area contributed by atoms with Crippen LogP contribution in [0.2, 0.25) is 0 Å². The maximum atomic E-state index is 5.91. The van der Waals surface area contributed by atoms with Gasteiger partial charge >= 0.3 is 0 Å². The van der Waals surface area contributed by atoms with Crippen LogP contribution in [0.3, 0.4) is 0 Å². The van der Waals surface area contributed by atoms with Crippen LogP contribution in [0.1, 0.15) is 52.4 Å². The Kier molecular flexibility index (Phi) is 5.62. The molecular formula is C13H28N2. The summed E-state index contributed by atoms with van der Waals surface area (Å²) in [6, 6.07) is 0. The van der Waals surface area contributed by atoms with E-state index in [9.17, 15) is 0 Å². The van der Waals surface area contributed by atoms with Crippen molar-refractivity contribution in [2.24, 2.45) is 17.1 Å². The van der Waals surface area contributed by atoms with E-state index in [-0.39, 0.29) is 0 Å². The second kappa shape index (κ2) is 6.49. The van der Waals surface area contributed by atoms with Gasteiger partial charge in [0.1, 0.15) is 0 Å². The molecular weight excluding hydrogens is 184 g/mol. The van der Waals surface area contributed by atoms with E-state index in [0.29, 0.717) is 5.41 Å². The van der Waals surface area contributed by atoms with E-state index in [2.05, 4.69) is 19.2 Å². The number of hydrogen-bond acceptors (Lipinski definition) is 2. The summed E-state index contributed by atoms with van der Waals surface area (Å²) in [7, 11) is 0. The number of rotatable bonds is 7. The summed E-state index contributed by atoms with van der Waals surface area (Å²) < 4.78 is 0. The second-order valence-electron chi connectivity index (χ2n) is 5.22. The van der Waals surface area contributed by atoms with Crippen molar-refractivity contribution in [2.75, 3.05) is 19.6 Å². The molecule has 1 fully saturated rings. The van der Waals surface area contributed by atoms with Gasteiger partial charge in [-0.1, -0.05) is 39.5 Å². The molecule has 0 unspecified atom stereocenters. The molecule has 0 aromatic heterocycles. The highest BCUT2D eigenvalue weighted by atomic mass is 14.9. The van der Waals surface area contributed by atoms with Gasteiger partial charge < -0.3 is 11.1 Å². The van der Waals surface area contributed by atoms with Crippen LogP contribution in [0.5, 0.6) is 0 Å². The molecule has 2 heteroatoms. The van der Waals surface area contributed by atoms with Crippen LogP contribution in [0, 0.1) is 11.3 Å². The Bertz CT molecular complexity index is 158. The molecule has 0 aromatic rings. The first-order valence-electron chi connectivity index (χ1n) is 6.67. The van der Waals surface area contributed by atoms with Crippen LogP contribution < -0.4 is 11.1 Å². The molecule has 0 saturated heterocycles. The number of nitrogens with two attached hydrogens (primary N) is 1. The summed E-state index contributed by atoms with van der Waals surface area (Å²) in [5.41, 5.74) is 6.35. The average molecular weight is 212 g/mol. The Morgan fingerprint density at radius 1 is 1.20 bits per heavy atom. The van der Waals surface area contributed by atoms with E-state index in [1.807, 2.05) is 0 Å². The van der Waals surface area contributed by atoms with Gasteiger partial charge in [0, 0.05) is 6.54 Å². The minimum absolute atomic E-state index is 0.437. The molecule has 0 aliphatic heterocycles. The van der Waals surface area contributed by atoms with Crippen LogP contribution in [-0.4, -0.2) is 19.6 Å². The lowest BCUT2D eigenvalue weighted by Crippen LogP contribution is -2.39. The van der Waals surface area contributed by atoms with Crippen molar-refractivity contribution < 1.29 is 0 Å². The van der Waals surface area contributed by atoms with Crippen molar-refractivity contribution in [2.45, 2.75) is 52.4 Å². The van der Waals surface area contributed by atoms with Gasteiger partial charge in [-0.25, -0.2) is 0 Å². The molecule has 2 nitrogen and oxygen atoms in total. The van der Waals surface area contributed by atoms with Crippen LogP contribution >= 0.6 is 0 Å². The minimum atomic E-state index is 0.437. The van der Waals surface area contributed by atoms with Crippen molar-refractivity contribution in [3.05, 3.63) is 0 Å². The smallest absolute Gasteiger partial charge is 0.00200 e. The highest BCUT2D eigenvalue weighted by Gasteiger charge is 2.31. The average Bonchev–Trinajstić information content (AvgIpc) is 2.74. The third kappa shape index (κ3) is 3.76. The largest absolute Gasteiger partial charge is 0.330 e. The van der Waals surface area contributed by atoms with E-state index in [0.717, 1.165) is 19.0 Å². The van der Waals surface area contributed by atoms with Crippen LogP contribution in [0.15, 0.2) is 0 Å². The number of hydrogen-bond donors (Lipinski definition) is 2. The molecule has 1 saturated carbocycles. The highest BCUT2D eigenvalue weighted by molar-refractivity contribution is 4.87. The minimum Gasteiger partial charge on any atom is -0.330 e. The Morgan fingerprint density at radius 3 is 2.27 bits per heavy atom. The lowest BCUT2D eigenvalue weighted by Gasteiger charge is -2.28. The van der Waals surface area contributed by atoms with Crippen molar-refractivity contribution in [3.63, 3.8) is 0 Å². The van der Waals surface area contributed by atoms with Crippen molar-refractivity contribution in [1.29, 1.82) is 0 Å². The molecule has 0 radical (unpaired) electrons. The summed E-state index contributed by atoms with van der Waals surface area (Å²) in [5.74, 6) is 0.848. The normalized spacial score (nSPS) is 20.0. The predicted molar refractivity (Wildman–Crippen MR) is 66.9 cm³/mol. The van der Waals surface area contributed by atoms with Gasteiger partial charge in [0.2, 0.25) is 0 Å². The van der Waals surface area contributed by atoms with Crippen molar-refractivity contribution in [1.82, 2.24) is 5.32 Å². The van der Waals surface area contributed by atoms with Crippen molar-refractivity contribution in [3.8, 4) is 0 Å². The van der Waals surface area contributed by atoms with Gasteiger partial charge in [0.15, 0.2) is 0 Å². The Balaban J connectivity index is 2.22. The molecule has 0 aromatic carbocycles. The van der Waals surface area contributed by atoms with Crippen LogP contribution in [0.25, 0.3) is 0 Å². The first kappa shape index (κ1) is 13.0. The fraction of sp³-hybridized carbons (Fsp3) is 1.00. The summed E-state index contributed by atoms with van der Waals surface area (Å²) in [6.45, 7) is 7.74. The zero-order chi connectivity index (χ0) is 11.1. The first-order chi connectivity index (χ1) is 7.26. The molecule has 0 heterocycles. The van der Waals surface area contributed by atoms with Gasteiger partial charge in [-0.3, -0.25) is 0 Å². The molecule has 0 bridgehead atoms. The van der Waals surface area contributed by atoms with E-state index < -0.39 is 0 Å². The van der Waals surface area contributed by atoms with E-state index in [4.69, 9.17) is 5.73 Å². The fourth-order valence-electron chi connectivity index (χ4n) is 2.70. The lowest BCUT2D eigenvalue weighted by atomic mass is 9.86. The highest BCUT2D eigenvalue weighted by Crippen LogP contribution is 2.36. The molecule has 90 valence electrons. The Hall–Kier alpha value is -0.0800. The molecule has 1 aliphatic rings. The van der Waals surface area contributed by atoms with E-state index in [1.165, 1.54) is 45.1 Å². The molecule has 1 aliphatic carbocycles. The summed E-state index contributed by atoms with van der Waals surface area (Å²) in [5, 5.41) is 3.64. The zero-order valence-electron chi connectivity index (χ0n) is 10.5. The molecule has 0 atom stereocenters. The third-order valence-corrected chi connectivity index (χ3v) is 4.18. The Labute approximate surface area is 95.0 Å². The van der Waals surface area contributed by atoms with Gasteiger partial charge in [0.05, 0.1) is 0 Å². The SMILES string of the molecule is CCC(CC)CNCC1(CN)CCCC1. The summed E-state index contributed by atoms with van der Waals surface area (Å²) in [6.07, 6.45) is 8.00. The van der Waals surface area contributed by atoms with Gasteiger partial charge in [-0.15, -0.1) is 0 Å².